The van der Waals surface area contributed by atoms with Gasteiger partial charge in [-0.2, -0.15) is 0 Å². The van der Waals surface area contributed by atoms with Gasteiger partial charge in [-0.05, 0) is 50.6 Å². The molecule has 0 fully saturated rings. The molecule has 0 aromatic heterocycles. The first-order chi connectivity index (χ1) is 17.5. The van der Waals surface area contributed by atoms with E-state index in [0.717, 1.165) is 5.56 Å². The molecule has 188 valence electrons. The van der Waals surface area contributed by atoms with Crippen LogP contribution in [0.3, 0.4) is 0 Å². The summed E-state index contributed by atoms with van der Waals surface area (Å²) >= 11 is 0. The minimum atomic E-state index is -0.340. The van der Waals surface area contributed by atoms with E-state index < -0.39 is 0 Å². The van der Waals surface area contributed by atoms with Crippen LogP contribution in [0.15, 0.2) is 60.7 Å². The molecule has 0 radical (unpaired) electrons. The number of ether oxygens (including phenoxy) is 4. The summed E-state index contributed by atoms with van der Waals surface area (Å²) in [6, 6.07) is 18.3. The van der Waals surface area contributed by atoms with Crippen molar-refractivity contribution in [1.82, 2.24) is 0 Å². The minimum Gasteiger partial charge on any atom is -0.490 e. The predicted octanol–water partition coefficient (Wildman–Crippen LogP) is 5.06. The summed E-state index contributed by atoms with van der Waals surface area (Å²) in [5, 5.41) is 2.90. The first-order valence-corrected chi connectivity index (χ1v) is 12.0. The largest absolute Gasteiger partial charge is 0.490 e. The summed E-state index contributed by atoms with van der Waals surface area (Å²) < 4.78 is 22.8. The fourth-order valence-electron chi connectivity index (χ4n) is 3.94. The highest BCUT2D eigenvalue weighted by Gasteiger charge is 2.26. The standard InChI is InChI=1S/C28H30N2O6/c1-4-33-24-14-20(15-25(34-5-2)27(24)35-6-3)28(32)29-21-12-13-22-23(16-21)36-18-26(31)30(22)17-19-10-8-7-9-11-19/h7-16H,4-6,17-18H2,1-3H3,(H,29,32). The third kappa shape index (κ3) is 5.54. The van der Waals surface area contributed by atoms with Crippen LogP contribution in [-0.4, -0.2) is 38.2 Å². The zero-order valence-corrected chi connectivity index (χ0v) is 20.7. The van der Waals surface area contributed by atoms with Crippen LogP contribution in [0, 0.1) is 0 Å². The summed E-state index contributed by atoms with van der Waals surface area (Å²) in [4.78, 5) is 27.4. The average Bonchev–Trinajstić information content (AvgIpc) is 2.88. The maximum atomic E-state index is 13.2. The summed E-state index contributed by atoms with van der Waals surface area (Å²) in [6.07, 6.45) is 0. The molecule has 3 aromatic rings. The summed E-state index contributed by atoms with van der Waals surface area (Å²) in [5.41, 5.74) is 2.58. The molecule has 0 saturated heterocycles. The Morgan fingerprint density at radius 1 is 0.917 bits per heavy atom. The number of nitrogens with zero attached hydrogens (tertiary/aromatic N) is 1. The van der Waals surface area contributed by atoms with Gasteiger partial charge in [0, 0.05) is 17.3 Å². The quantitative estimate of drug-likeness (QED) is 0.428. The molecule has 0 spiro atoms. The van der Waals surface area contributed by atoms with Crippen molar-refractivity contribution in [2.24, 2.45) is 0 Å². The van der Waals surface area contributed by atoms with E-state index in [1.54, 1.807) is 35.2 Å². The number of amides is 2. The second-order valence-corrected chi connectivity index (χ2v) is 7.99. The molecule has 4 rings (SSSR count). The molecular formula is C28H30N2O6. The van der Waals surface area contributed by atoms with E-state index in [0.29, 0.717) is 66.3 Å². The number of carbonyl (C=O) groups is 2. The topological polar surface area (TPSA) is 86.3 Å². The molecule has 0 aliphatic carbocycles. The predicted molar refractivity (Wildman–Crippen MR) is 137 cm³/mol. The Morgan fingerprint density at radius 3 is 2.22 bits per heavy atom. The van der Waals surface area contributed by atoms with Crippen LogP contribution in [-0.2, 0) is 11.3 Å². The van der Waals surface area contributed by atoms with Crippen LogP contribution in [0.2, 0.25) is 0 Å². The third-order valence-electron chi connectivity index (χ3n) is 5.52. The van der Waals surface area contributed by atoms with Crippen molar-refractivity contribution in [3.63, 3.8) is 0 Å². The summed E-state index contributed by atoms with van der Waals surface area (Å²) in [7, 11) is 0. The van der Waals surface area contributed by atoms with E-state index in [2.05, 4.69) is 5.32 Å². The zero-order chi connectivity index (χ0) is 25.5. The molecule has 1 aliphatic rings. The molecule has 0 bridgehead atoms. The van der Waals surface area contributed by atoms with Gasteiger partial charge in [0.15, 0.2) is 18.1 Å². The van der Waals surface area contributed by atoms with Crippen molar-refractivity contribution in [3.8, 4) is 23.0 Å². The normalized spacial score (nSPS) is 12.4. The van der Waals surface area contributed by atoms with Gasteiger partial charge < -0.3 is 29.2 Å². The van der Waals surface area contributed by atoms with Crippen molar-refractivity contribution < 1.29 is 28.5 Å². The molecule has 0 unspecified atom stereocenters. The molecule has 3 aromatic carbocycles. The van der Waals surface area contributed by atoms with Crippen molar-refractivity contribution in [1.29, 1.82) is 0 Å². The van der Waals surface area contributed by atoms with Crippen LogP contribution in [0.5, 0.6) is 23.0 Å². The van der Waals surface area contributed by atoms with Gasteiger partial charge >= 0.3 is 0 Å². The fourth-order valence-corrected chi connectivity index (χ4v) is 3.94. The maximum Gasteiger partial charge on any atom is 0.265 e. The summed E-state index contributed by atoms with van der Waals surface area (Å²) in [5.74, 6) is 1.43. The Balaban J connectivity index is 1.58. The first kappa shape index (κ1) is 24.9. The van der Waals surface area contributed by atoms with Crippen LogP contribution in [0.4, 0.5) is 11.4 Å². The summed E-state index contributed by atoms with van der Waals surface area (Å²) in [6.45, 7) is 7.24. The third-order valence-corrected chi connectivity index (χ3v) is 5.52. The van der Waals surface area contributed by atoms with Crippen LogP contribution < -0.4 is 29.2 Å². The van der Waals surface area contributed by atoms with Crippen molar-refractivity contribution in [2.75, 3.05) is 36.6 Å². The molecule has 1 heterocycles. The van der Waals surface area contributed by atoms with Gasteiger partial charge in [0.2, 0.25) is 5.75 Å². The smallest absolute Gasteiger partial charge is 0.265 e. The Kier molecular flexibility index (Phi) is 7.95. The second-order valence-electron chi connectivity index (χ2n) is 7.99. The van der Waals surface area contributed by atoms with Gasteiger partial charge in [0.1, 0.15) is 5.75 Å². The second kappa shape index (κ2) is 11.5. The number of anilines is 2. The van der Waals surface area contributed by atoms with E-state index in [1.165, 1.54) is 0 Å². The lowest BCUT2D eigenvalue weighted by molar-refractivity contribution is -0.121. The SMILES string of the molecule is CCOc1cc(C(=O)Nc2ccc3c(c2)OCC(=O)N3Cc2ccccc2)cc(OCC)c1OCC. The van der Waals surface area contributed by atoms with Gasteiger partial charge in [-0.3, -0.25) is 9.59 Å². The number of nitrogens with one attached hydrogen (secondary N) is 1. The highest BCUT2D eigenvalue weighted by Crippen LogP contribution is 2.40. The molecule has 0 saturated carbocycles. The highest BCUT2D eigenvalue weighted by atomic mass is 16.5. The molecule has 1 N–H and O–H groups in total. The van der Waals surface area contributed by atoms with Crippen LogP contribution >= 0.6 is 0 Å². The molecular weight excluding hydrogens is 460 g/mol. The molecule has 2 amide bonds. The lowest BCUT2D eigenvalue weighted by Gasteiger charge is -2.29. The Labute approximate surface area is 210 Å². The molecule has 36 heavy (non-hydrogen) atoms. The zero-order valence-electron chi connectivity index (χ0n) is 20.7. The van der Waals surface area contributed by atoms with Gasteiger partial charge in [-0.15, -0.1) is 0 Å². The van der Waals surface area contributed by atoms with Crippen molar-refractivity contribution in [2.45, 2.75) is 27.3 Å². The van der Waals surface area contributed by atoms with Gasteiger partial charge in [0.05, 0.1) is 32.1 Å². The Hall–Kier alpha value is -4.20. The average molecular weight is 491 g/mol. The van der Waals surface area contributed by atoms with E-state index >= 15 is 0 Å². The fraction of sp³-hybridized carbons (Fsp3) is 0.286. The van der Waals surface area contributed by atoms with E-state index in [1.807, 2.05) is 51.1 Å². The number of hydrogen-bond donors (Lipinski definition) is 1. The van der Waals surface area contributed by atoms with Crippen LogP contribution in [0.1, 0.15) is 36.7 Å². The molecule has 1 aliphatic heterocycles. The van der Waals surface area contributed by atoms with Crippen LogP contribution in [0.25, 0.3) is 0 Å². The maximum absolute atomic E-state index is 13.2. The minimum absolute atomic E-state index is 0.0639. The molecule has 8 heteroatoms. The number of hydrogen-bond acceptors (Lipinski definition) is 6. The van der Waals surface area contributed by atoms with E-state index in [-0.39, 0.29) is 18.4 Å². The lowest BCUT2D eigenvalue weighted by Crippen LogP contribution is -2.38. The Bertz CT molecular complexity index is 1200. The number of benzene rings is 3. The van der Waals surface area contributed by atoms with Gasteiger partial charge in [-0.25, -0.2) is 0 Å². The lowest BCUT2D eigenvalue weighted by atomic mass is 10.1. The number of fused-ring (bicyclic) bond motifs is 1. The molecule has 0 atom stereocenters. The Morgan fingerprint density at radius 2 is 1.58 bits per heavy atom. The number of carbonyl (C=O) groups excluding carboxylic acids is 2. The van der Waals surface area contributed by atoms with Gasteiger partial charge in [-0.1, -0.05) is 30.3 Å². The van der Waals surface area contributed by atoms with Crippen molar-refractivity contribution in [3.05, 3.63) is 71.8 Å². The highest BCUT2D eigenvalue weighted by molar-refractivity contribution is 6.06. The number of rotatable bonds is 10. The van der Waals surface area contributed by atoms with E-state index in [4.69, 9.17) is 18.9 Å². The van der Waals surface area contributed by atoms with Crippen molar-refractivity contribution >= 4 is 23.2 Å². The monoisotopic (exact) mass is 490 g/mol. The van der Waals surface area contributed by atoms with E-state index in [9.17, 15) is 9.59 Å². The van der Waals surface area contributed by atoms with Gasteiger partial charge in [0.25, 0.3) is 11.8 Å². The molecule has 8 nitrogen and oxygen atoms in total. The first-order valence-electron chi connectivity index (χ1n) is 12.0.